The first-order valence-electron chi connectivity index (χ1n) is 5.69. The lowest BCUT2D eigenvalue weighted by Gasteiger charge is -2.26. The van der Waals surface area contributed by atoms with Crippen molar-refractivity contribution in [3.63, 3.8) is 0 Å². The van der Waals surface area contributed by atoms with Crippen LogP contribution in [0.25, 0.3) is 0 Å². The highest BCUT2D eigenvalue weighted by Gasteiger charge is 2.32. The molecule has 1 aliphatic heterocycles. The number of pyridine rings is 1. The van der Waals surface area contributed by atoms with Crippen LogP contribution in [0.15, 0.2) is 23.4 Å². The number of hydrogen-bond acceptors (Lipinski definition) is 6. The van der Waals surface area contributed by atoms with E-state index in [4.69, 9.17) is 0 Å². The van der Waals surface area contributed by atoms with Crippen molar-refractivity contribution in [2.45, 2.75) is 4.90 Å². The Balaban J connectivity index is 2.33. The zero-order valence-electron chi connectivity index (χ0n) is 10.4. The van der Waals surface area contributed by atoms with Gasteiger partial charge in [0.1, 0.15) is 4.90 Å². The largest absolute Gasteiger partial charge is 0.387 e. The Labute approximate surface area is 112 Å². The van der Waals surface area contributed by atoms with Crippen molar-refractivity contribution in [1.29, 1.82) is 0 Å². The molecule has 1 aromatic rings. The Hall–Kier alpha value is -1.19. The summed E-state index contributed by atoms with van der Waals surface area (Å²) in [6, 6.07) is 1.56. The minimum Gasteiger partial charge on any atom is -0.387 e. The quantitative estimate of drug-likeness (QED) is 0.812. The third-order valence-electron chi connectivity index (χ3n) is 2.98. The van der Waals surface area contributed by atoms with Crippen molar-refractivity contribution in [2.75, 3.05) is 37.0 Å². The third kappa shape index (κ3) is 2.88. The van der Waals surface area contributed by atoms with Gasteiger partial charge in [-0.25, -0.2) is 16.8 Å². The maximum atomic E-state index is 12.4. The van der Waals surface area contributed by atoms with Gasteiger partial charge in [0.15, 0.2) is 9.84 Å². The summed E-state index contributed by atoms with van der Waals surface area (Å²) in [6.45, 7) is -0.0224. The number of nitrogens with one attached hydrogen (secondary N) is 1. The summed E-state index contributed by atoms with van der Waals surface area (Å²) in [5.41, 5.74) is 0.448. The molecule has 1 fully saturated rings. The van der Waals surface area contributed by atoms with Gasteiger partial charge in [0.05, 0.1) is 17.2 Å². The molecule has 2 rings (SSSR count). The maximum absolute atomic E-state index is 12.4. The Bertz CT molecular complexity index is 656. The summed E-state index contributed by atoms with van der Waals surface area (Å²) in [6.07, 6.45) is 2.76. The number of hydrogen-bond donors (Lipinski definition) is 1. The van der Waals surface area contributed by atoms with Crippen LogP contribution in [0.3, 0.4) is 0 Å². The van der Waals surface area contributed by atoms with Crippen LogP contribution in [0.4, 0.5) is 5.69 Å². The van der Waals surface area contributed by atoms with Crippen LogP contribution in [0.2, 0.25) is 0 Å². The van der Waals surface area contributed by atoms with Crippen LogP contribution in [-0.2, 0) is 19.9 Å². The zero-order chi connectivity index (χ0) is 14.1. The monoisotopic (exact) mass is 305 g/mol. The molecular weight excluding hydrogens is 290 g/mol. The second kappa shape index (κ2) is 5.06. The van der Waals surface area contributed by atoms with Crippen molar-refractivity contribution in [3.8, 4) is 0 Å². The summed E-state index contributed by atoms with van der Waals surface area (Å²) < 4.78 is 48.7. The number of sulfone groups is 1. The van der Waals surface area contributed by atoms with Gasteiger partial charge < -0.3 is 5.32 Å². The molecule has 0 aromatic carbocycles. The summed E-state index contributed by atoms with van der Waals surface area (Å²) in [7, 11) is -5.20. The van der Waals surface area contributed by atoms with Gasteiger partial charge in [-0.2, -0.15) is 4.31 Å². The van der Waals surface area contributed by atoms with E-state index >= 15 is 0 Å². The average molecular weight is 305 g/mol. The van der Waals surface area contributed by atoms with E-state index < -0.39 is 19.9 Å². The highest BCUT2D eigenvalue weighted by molar-refractivity contribution is 7.92. The van der Waals surface area contributed by atoms with Gasteiger partial charge in [-0.1, -0.05) is 0 Å². The van der Waals surface area contributed by atoms with Gasteiger partial charge in [-0.05, 0) is 6.07 Å². The molecule has 1 aromatic heterocycles. The Morgan fingerprint density at radius 3 is 2.53 bits per heavy atom. The Morgan fingerprint density at radius 1 is 1.32 bits per heavy atom. The summed E-state index contributed by atoms with van der Waals surface area (Å²) in [5, 5.41) is 2.79. The minimum absolute atomic E-state index is 0.0112. The molecular formula is C10H15N3O4S2. The molecule has 0 aliphatic carbocycles. The summed E-state index contributed by atoms with van der Waals surface area (Å²) >= 11 is 0. The fraction of sp³-hybridized carbons (Fsp3) is 0.500. The highest BCUT2D eigenvalue weighted by Crippen LogP contribution is 2.24. The van der Waals surface area contributed by atoms with E-state index in [2.05, 4.69) is 10.3 Å². The van der Waals surface area contributed by atoms with Crippen molar-refractivity contribution < 1.29 is 16.8 Å². The van der Waals surface area contributed by atoms with Gasteiger partial charge >= 0.3 is 0 Å². The lowest BCUT2D eigenvalue weighted by molar-refractivity contribution is 0.431. The molecule has 0 atom stereocenters. The SMILES string of the molecule is CNc1ccncc1S(=O)(=O)N1CCS(=O)(=O)CC1. The first-order valence-corrected chi connectivity index (χ1v) is 8.95. The van der Waals surface area contributed by atoms with Crippen molar-refractivity contribution >= 4 is 25.5 Å². The van der Waals surface area contributed by atoms with E-state index in [1.54, 1.807) is 13.1 Å². The maximum Gasteiger partial charge on any atom is 0.246 e. The molecule has 1 aliphatic rings. The predicted octanol–water partition coefficient (Wildman–Crippen LogP) is -0.458. The van der Waals surface area contributed by atoms with E-state index in [9.17, 15) is 16.8 Å². The molecule has 2 heterocycles. The van der Waals surface area contributed by atoms with E-state index in [0.717, 1.165) is 0 Å². The van der Waals surface area contributed by atoms with E-state index in [-0.39, 0.29) is 29.5 Å². The first-order chi connectivity index (χ1) is 8.87. The molecule has 9 heteroatoms. The summed E-state index contributed by atoms with van der Waals surface area (Å²) in [4.78, 5) is 3.89. The molecule has 0 saturated carbocycles. The van der Waals surface area contributed by atoms with Crippen LogP contribution in [0.5, 0.6) is 0 Å². The first kappa shape index (κ1) is 14.2. The minimum atomic E-state index is -3.71. The van der Waals surface area contributed by atoms with Crippen LogP contribution in [0.1, 0.15) is 0 Å². The fourth-order valence-corrected chi connectivity index (χ4v) is 4.88. The fourth-order valence-electron chi connectivity index (χ4n) is 1.87. The van der Waals surface area contributed by atoms with E-state index in [1.165, 1.54) is 16.7 Å². The van der Waals surface area contributed by atoms with Crippen molar-refractivity contribution in [2.24, 2.45) is 0 Å². The lowest BCUT2D eigenvalue weighted by Crippen LogP contribution is -2.43. The van der Waals surface area contributed by atoms with Crippen LogP contribution in [-0.4, -0.2) is 57.8 Å². The van der Waals surface area contributed by atoms with Gasteiger partial charge in [-0.15, -0.1) is 0 Å². The number of rotatable bonds is 3. The molecule has 0 spiro atoms. The van der Waals surface area contributed by atoms with Gasteiger partial charge in [0.2, 0.25) is 10.0 Å². The standard InChI is InChI=1S/C10H15N3O4S2/c1-11-9-2-3-12-8-10(9)19(16,17)13-4-6-18(14,15)7-5-13/h2-3,8H,4-7H2,1H3,(H,11,12). The average Bonchev–Trinajstić information content (AvgIpc) is 2.38. The topological polar surface area (TPSA) is 96.4 Å². The molecule has 0 bridgehead atoms. The second-order valence-electron chi connectivity index (χ2n) is 4.18. The second-order valence-corrected chi connectivity index (χ2v) is 8.39. The zero-order valence-corrected chi connectivity index (χ0v) is 12.0. The lowest BCUT2D eigenvalue weighted by atomic mass is 10.4. The number of sulfonamides is 1. The van der Waals surface area contributed by atoms with Gasteiger partial charge in [-0.3, -0.25) is 4.98 Å². The smallest absolute Gasteiger partial charge is 0.246 e. The number of nitrogens with zero attached hydrogens (tertiary/aromatic N) is 2. The highest BCUT2D eigenvalue weighted by atomic mass is 32.2. The van der Waals surface area contributed by atoms with Crippen LogP contribution in [0, 0.1) is 0 Å². The van der Waals surface area contributed by atoms with Gasteiger partial charge in [0, 0.05) is 32.5 Å². The molecule has 1 N–H and O–H groups in total. The molecule has 106 valence electrons. The molecule has 1 saturated heterocycles. The molecule has 7 nitrogen and oxygen atoms in total. The molecule has 0 amide bonds. The van der Waals surface area contributed by atoms with Crippen LogP contribution >= 0.6 is 0 Å². The Kier molecular flexibility index (Phi) is 3.79. The molecule has 0 radical (unpaired) electrons. The summed E-state index contributed by atoms with van der Waals surface area (Å²) in [5.74, 6) is -0.275. The third-order valence-corrected chi connectivity index (χ3v) is 6.51. The van der Waals surface area contributed by atoms with E-state index in [1.807, 2.05) is 0 Å². The van der Waals surface area contributed by atoms with Crippen LogP contribution < -0.4 is 5.32 Å². The Morgan fingerprint density at radius 2 is 1.95 bits per heavy atom. The van der Waals surface area contributed by atoms with Gasteiger partial charge in [0.25, 0.3) is 0 Å². The van der Waals surface area contributed by atoms with E-state index in [0.29, 0.717) is 5.69 Å². The van der Waals surface area contributed by atoms with Crippen molar-refractivity contribution in [1.82, 2.24) is 9.29 Å². The van der Waals surface area contributed by atoms with Crippen molar-refractivity contribution in [3.05, 3.63) is 18.5 Å². The predicted molar refractivity (Wildman–Crippen MR) is 71.2 cm³/mol. The number of anilines is 1. The normalized spacial score (nSPS) is 20.1. The molecule has 19 heavy (non-hydrogen) atoms. The number of aromatic nitrogens is 1. The molecule has 0 unspecified atom stereocenters.